The maximum Gasteiger partial charge on any atom is 0.0991 e. The average Bonchev–Trinajstić information content (AvgIpc) is 2.05. The number of hydrogen-bond acceptors (Lipinski definition) is 2. The highest BCUT2D eigenvalue weighted by atomic mass is 14.7. The van der Waals surface area contributed by atoms with Crippen molar-refractivity contribution in [3.05, 3.63) is 35.4 Å². The van der Waals surface area contributed by atoms with Crippen LogP contribution in [0.3, 0.4) is 0 Å². The molecule has 60 valence electrons. The summed E-state index contributed by atoms with van der Waals surface area (Å²) in [6.45, 7) is 0. The fourth-order valence-corrected chi connectivity index (χ4v) is 0.917. The average molecular weight is 159 g/mol. The number of hydrogen-bond donors (Lipinski definition) is 2. The van der Waals surface area contributed by atoms with Crippen LogP contribution in [0.2, 0.25) is 0 Å². The van der Waals surface area contributed by atoms with Gasteiger partial charge in [-0.2, -0.15) is 5.26 Å². The van der Waals surface area contributed by atoms with Crippen LogP contribution in [0.15, 0.2) is 24.3 Å². The summed E-state index contributed by atoms with van der Waals surface area (Å²) in [6.07, 6.45) is 0.450. The lowest BCUT2D eigenvalue weighted by atomic mass is 10.1. The van der Waals surface area contributed by atoms with E-state index in [1.165, 1.54) is 0 Å². The second-order valence-electron chi connectivity index (χ2n) is 2.51. The van der Waals surface area contributed by atoms with Crippen LogP contribution in [0.5, 0.6) is 0 Å². The molecular formula is C9H9N3. The first kappa shape index (κ1) is 8.28. The third-order valence-corrected chi connectivity index (χ3v) is 1.48. The van der Waals surface area contributed by atoms with Gasteiger partial charge in [0.05, 0.1) is 17.5 Å². The zero-order chi connectivity index (χ0) is 8.97. The van der Waals surface area contributed by atoms with Crippen LogP contribution in [0.1, 0.15) is 11.1 Å². The summed E-state index contributed by atoms with van der Waals surface area (Å²) in [6, 6.07) is 9.07. The van der Waals surface area contributed by atoms with Gasteiger partial charge in [0.2, 0.25) is 0 Å². The summed E-state index contributed by atoms with van der Waals surface area (Å²) < 4.78 is 0. The Kier molecular flexibility index (Phi) is 2.44. The second kappa shape index (κ2) is 3.54. The van der Waals surface area contributed by atoms with E-state index in [0.717, 1.165) is 5.56 Å². The van der Waals surface area contributed by atoms with E-state index >= 15 is 0 Å². The van der Waals surface area contributed by atoms with Crippen molar-refractivity contribution < 1.29 is 0 Å². The highest BCUT2D eigenvalue weighted by Crippen LogP contribution is 2.03. The summed E-state index contributed by atoms with van der Waals surface area (Å²) in [7, 11) is 0. The Morgan fingerprint density at radius 1 is 1.42 bits per heavy atom. The first-order valence-corrected chi connectivity index (χ1v) is 3.54. The van der Waals surface area contributed by atoms with Crippen LogP contribution in [-0.2, 0) is 6.42 Å². The van der Waals surface area contributed by atoms with Crippen LogP contribution in [-0.4, -0.2) is 5.84 Å². The van der Waals surface area contributed by atoms with Gasteiger partial charge in [-0.25, -0.2) is 0 Å². The monoisotopic (exact) mass is 159 g/mol. The van der Waals surface area contributed by atoms with Crippen molar-refractivity contribution in [2.45, 2.75) is 6.42 Å². The smallest absolute Gasteiger partial charge is 0.0991 e. The lowest BCUT2D eigenvalue weighted by Crippen LogP contribution is -2.12. The number of nitriles is 1. The summed E-state index contributed by atoms with van der Waals surface area (Å²) in [5.41, 5.74) is 6.80. The fraction of sp³-hybridized carbons (Fsp3) is 0.111. The van der Waals surface area contributed by atoms with E-state index in [4.69, 9.17) is 16.4 Å². The van der Waals surface area contributed by atoms with Gasteiger partial charge in [0.25, 0.3) is 0 Å². The van der Waals surface area contributed by atoms with E-state index in [9.17, 15) is 0 Å². The standard InChI is InChI=1S/C9H9N3/c10-6-8-3-1-7(2-4-8)5-9(11)12/h1-4H,5H2,(H3,11,12). The Hall–Kier alpha value is -1.82. The molecule has 0 aromatic heterocycles. The zero-order valence-corrected chi connectivity index (χ0v) is 6.54. The maximum atomic E-state index is 8.49. The van der Waals surface area contributed by atoms with E-state index < -0.39 is 0 Å². The van der Waals surface area contributed by atoms with E-state index in [-0.39, 0.29) is 5.84 Å². The molecule has 0 bridgehead atoms. The van der Waals surface area contributed by atoms with E-state index in [1.807, 2.05) is 6.07 Å². The highest BCUT2D eigenvalue weighted by molar-refractivity contribution is 5.79. The molecule has 0 saturated carbocycles. The number of nitrogens with one attached hydrogen (secondary N) is 1. The zero-order valence-electron chi connectivity index (χ0n) is 6.54. The molecule has 0 aliphatic rings. The van der Waals surface area contributed by atoms with Crippen molar-refractivity contribution >= 4 is 5.84 Å². The quantitative estimate of drug-likeness (QED) is 0.499. The minimum absolute atomic E-state index is 0.139. The maximum absolute atomic E-state index is 8.49. The molecule has 3 heteroatoms. The van der Waals surface area contributed by atoms with Crippen LogP contribution in [0, 0.1) is 16.7 Å². The predicted molar refractivity (Wildman–Crippen MR) is 46.8 cm³/mol. The molecule has 0 spiro atoms. The van der Waals surface area contributed by atoms with Crippen LogP contribution < -0.4 is 5.73 Å². The summed E-state index contributed by atoms with van der Waals surface area (Å²) in [5, 5.41) is 15.5. The molecule has 0 aliphatic heterocycles. The van der Waals surface area contributed by atoms with Gasteiger partial charge < -0.3 is 5.73 Å². The molecule has 1 aromatic carbocycles. The highest BCUT2D eigenvalue weighted by Gasteiger charge is 1.94. The molecule has 0 radical (unpaired) electrons. The van der Waals surface area contributed by atoms with Gasteiger partial charge in [-0.05, 0) is 17.7 Å². The Morgan fingerprint density at radius 3 is 2.42 bits per heavy atom. The lowest BCUT2D eigenvalue weighted by molar-refractivity contribution is 1.24. The van der Waals surface area contributed by atoms with Gasteiger partial charge >= 0.3 is 0 Å². The summed E-state index contributed by atoms with van der Waals surface area (Å²) in [5.74, 6) is 0.139. The van der Waals surface area contributed by atoms with Crippen molar-refractivity contribution in [2.24, 2.45) is 5.73 Å². The van der Waals surface area contributed by atoms with Gasteiger partial charge in [0.1, 0.15) is 0 Å². The second-order valence-corrected chi connectivity index (χ2v) is 2.51. The third kappa shape index (κ3) is 2.10. The summed E-state index contributed by atoms with van der Waals surface area (Å²) in [4.78, 5) is 0. The molecule has 0 heterocycles. The minimum Gasteiger partial charge on any atom is -0.387 e. The number of nitrogens with two attached hydrogens (primary N) is 1. The minimum atomic E-state index is 0.139. The van der Waals surface area contributed by atoms with Crippen LogP contribution >= 0.6 is 0 Å². The lowest BCUT2D eigenvalue weighted by Gasteiger charge is -1.97. The Balaban J connectivity index is 2.80. The first-order valence-electron chi connectivity index (χ1n) is 3.54. The van der Waals surface area contributed by atoms with Crippen molar-refractivity contribution in [3.8, 4) is 6.07 Å². The topological polar surface area (TPSA) is 73.7 Å². The van der Waals surface area contributed by atoms with Gasteiger partial charge in [-0.1, -0.05) is 12.1 Å². The number of rotatable bonds is 2. The number of benzene rings is 1. The van der Waals surface area contributed by atoms with Gasteiger partial charge in [-0.15, -0.1) is 0 Å². The number of amidine groups is 1. The molecule has 0 fully saturated rings. The number of nitrogens with zero attached hydrogens (tertiary/aromatic N) is 1. The Bertz CT molecular complexity index is 319. The van der Waals surface area contributed by atoms with Crippen molar-refractivity contribution in [1.82, 2.24) is 0 Å². The molecule has 0 atom stereocenters. The van der Waals surface area contributed by atoms with Crippen molar-refractivity contribution in [2.75, 3.05) is 0 Å². The predicted octanol–water partition coefficient (Wildman–Crippen LogP) is 1.04. The molecule has 0 amide bonds. The Morgan fingerprint density at radius 2 is 2.00 bits per heavy atom. The van der Waals surface area contributed by atoms with Gasteiger partial charge in [-0.3, -0.25) is 5.41 Å². The van der Waals surface area contributed by atoms with Crippen LogP contribution in [0.4, 0.5) is 0 Å². The molecule has 12 heavy (non-hydrogen) atoms. The van der Waals surface area contributed by atoms with Gasteiger partial charge in [0.15, 0.2) is 0 Å². The van der Waals surface area contributed by atoms with Crippen molar-refractivity contribution in [3.63, 3.8) is 0 Å². The van der Waals surface area contributed by atoms with Crippen molar-refractivity contribution in [1.29, 1.82) is 10.7 Å². The SMILES string of the molecule is N#Cc1ccc(CC(=N)N)cc1. The Labute approximate surface area is 70.9 Å². The first-order chi connectivity index (χ1) is 5.72. The molecule has 0 aliphatic carbocycles. The van der Waals surface area contributed by atoms with Gasteiger partial charge in [0, 0.05) is 6.42 Å². The molecule has 1 rings (SSSR count). The molecule has 3 N–H and O–H groups in total. The fourth-order valence-electron chi connectivity index (χ4n) is 0.917. The van der Waals surface area contributed by atoms with E-state index in [0.29, 0.717) is 12.0 Å². The molecule has 0 unspecified atom stereocenters. The molecule has 1 aromatic rings. The van der Waals surface area contributed by atoms with E-state index in [1.54, 1.807) is 24.3 Å². The summed E-state index contributed by atoms with van der Waals surface area (Å²) >= 11 is 0. The normalized spacial score (nSPS) is 8.92. The molecule has 3 nitrogen and oxygen atoms in total. The molecular weight excluding hydrogens is 150 g/mol. The molecule has 0 saturated heterocycles. The largest absolute Gasteiger partial charge is 0.387 e. The van der Waals surface area contributed by atoms with Crippen LogP contribution in [0.25, 0.3) is 0 Å². The third-order valence-electron chi connectivity index (χ3n) is 1.48. The van der Waals surface area contributed by atoms with E-state index in [2.05, 4.69) is 0 Å².